The molecule has 1 atom stereocenters. The Balaban J connectivity index is 2.25. The number of esters is 1. The summed E-state index contributed by atoms with van der Waals surface area (Å²) in [5.41, 5.74) is 0. The van der Waals surface area contributed by atoms with Crippen LogP contribution in [-0.4, -0.2) is 37.8 Å². The lowest BCUT2D eigenvalue weighted by Crippen LogP contribution is -2.41. The number of carbonyl (C=O) groups is 2. The molecule has 15 heavy (non-hydrogen) atoms. The van der Waals surface area contributed by atoms with Gasteiger partial charge in [0.2, 0.25) is 13.9 Å². The van der Waals surface area contributed by atoms with Gasteiger partial charge in [-0.2, -0.15) is 0 Å². The molecule has 4 nitrogen and oxygen atoms in total. The van der Waals surface area contributed by atoms with Gasteiger partial charge < -0.3 is 9.55 Å². The van der Waals surface area contributed by atoms with Crippen LogP contribution in [0.5, 0.6) is 0 Å². The highest BCUT2D eigenvalue weighted by atomic mass is 16.5. The second-order valence-electron chi connectivity index (χ2n) is 3.82. The average molecular weight is 209 g/mol. The molecule has 1 saturated heterocycles. The van der Waals surface area contributed by atoms with E-state index in [0.29, 0.717) is 12.8 Å². The molecule has 1 rings (SSSR count). The molecule has 1 fully saturated rings. The van der Waals surface area contributed by atoms with Crippen LogP contribution in [0.3, 0.4) is 0 Å². The normalized spacial score (nSPS) is 21.5. The predicted molar refractivity (Wildman–Crippen MR) is 56.1 cm³/mol. The predicted octanol–water partition coefficient (Wildman–Crippen LogP) is 0.794. The fraction of sp³-hybridized carbons (Fsp3) is 0.800. The summed E-state index contributed by atoms with van der Waals surface area (Å²) < 4.78 is 4.54. The first-order valence-electron chi connectivity index (χ1n) is 5.28. The Morgan fingerprint density at radius 2 is 2.40 bits per heavy atom. The Morgan fingerprint density at radius 3 is 3.07 bits per heavy atom. The van der Waals surface area contributed by atoms with E-state index < -0.39 is 0 Å². The summed E-state index contributed by atoms with van der Waals surface area (Å²) in [5.74, 6) is -0.204. The van der Waals surface area contributed by atoms with Crippen LogP contribution in [0.4, 0.5) is 0 Å². The van der Waals surface area contributed by atoms with E-state index in [1.807, 2.05) is 0 Å². The first-order valence-corrected chi connectivity index (χ1v) is 5.28. The van der Waals surface area contributed by atoms with Crippen LogP contribution >= 0.6 is 0 Å². The molecule has 1 aliphatic heterocycles. The first-order chi connectivity index (χ1) is 7.15. The average Bonchev–Trinajstić information content (AvgIpc) is 2.24. The molecule has 0 spiro atoms. The van der Waals surface area contributed by atoms with Gasteiger partial charge in [0.15, 0.2) is 0 Å². The molecule has 5 heteroatoms. The third kappa shape index (κ3) is 3.57. The van der Waals surface area contributed by atoms with Crippen LogP contribution < -0.4 is 0 Å². The molecule has 1 amide bonds. The van der Waals surface area contributed by atoms with Gasteiger partial charge in [-0.15, -0.1) is 0 Å². The molecule has 82 valence electrons. The van der Waals surface area contributed by atoms with E-state index in [1.54, 1.807) is 0 Å². The highest BCUT2D eigenvalue weighted by Gasteiger charge is 2.23. The van der Waals surface area contributed by atoms with Crippen LogP contribution in [0.2, 0.25) is 0 Å². The number of hydrogen-bond acceptors (Lipinski definition) is 3. The second-order valence-corrected chi connectivity index (χ2v) is 3.82. The maximum atomic E-state index is 11.3. The van der Waals surface area contributed by atoms with E-state index in [4.69, 9.17) is 7.98 Å². The van der Waals surface area contributed by atoms with Crippen LogP contribution in [0.25, 0.3) is 0 Å². The van der Waals surface area contributed by atoms with Crippen molar-refractivity contribution >= 4 is 19.9 Å². The van der Waals surface area contributed by atoms with E-state index in [1.165, 1.54) is 11.9 Å². The van der Waals surface area contributed by atoms with E-state index in [-0.39, 0.29) is 17.9 Å². The molecule has 0 aromatic carbocycles. The van der Waals surface area contributed by atoms with Crippen molar-refractivity contribution < 1.29 is 14.3 Å². The molecule has 0 bridgehead atoms. The summed E-state index contributed by atoms with van der Waals surface area (Å²) in [4.78, 5) is 23.5. The number of hydrogen-bond donors (Lipinski definition) is 0. The summed E-state index contributed by atoms with van der Waals surface area (Å²) in [7, 11) is 7.02. The summed E-state index contributed by atoms with van der Waals surface area (Å²) in [6.07, 6.45) is 4.27. The molecule has 0 aromatic rings. The van der Waals surface area contributed by atoms with Gasteiger partial charge in [0.25, 0.3) is 0 Å². The molecule has 1 unspecified atom stereocenters. The number of amides is 1. The quantitative estimate of drug-likeness (QED) is 0.508. The molecule has 1 aliphatic rings. The molecule has 0 N–H and O–H groups in total. The highest BCUT2D eigenvalue weighted by Crippen LogP contribution is 2.20. The fourth-order valence-corrected chi connectivity index (χ4v) is 1.83. The van der Waals surface area contributed by atoms with Gasteiger partial charge in [-0.3, -0.25) is 9.59 Å². The van der Waals surface area contributed by atoms with Crippen LogP contribution in [0, 0.1) is 0 Å². The standard InChI is InChI=1S/C10H16BNO3/c1-15-10(14)7-3-5-8-4-2-6-9(13)12(8)11/h8H,2-7H2,1H3. The minimum absolute atomic E-state index is 0.00400. The van der Waals surface area contributed by atoms with Crippen molar-refractivity contribution in [2.45, 2.75) is 44.6 Å². The molecular formula is C10H16BNO3. The van der Waals surface area contributed by atoms with Gasteiger partial charge >= 0.3 is 5.97 Å². The largest absolute Gasteiger partial charge is 0.469 e. The van der Waals surface area contributed by atoms with Gasteiger partial charge in [-0.05, 0) is 25.7 Å². The Kier molecular flexibility index (Phi) is 4.65. The number of nitrogens with zero attached hydrogens (tertiary/aromatic N) is 1. The van der Waals surface area contributed by atoms with Crippen LogP contribution in [-0.2, 0) is 14.3 Å². The van der Waals surface area contributed by atoms with E-state index >= 15 is 0 Å². The van der Waals surface area contributed by atoms with E-state index in [9.17, 15) is 9.59 Å². The number of ether oxygens (including phenoxy) is 1. The van der Waals surface area contributed by atoms with Crippen molar-refractivity contribution in [3.8, 4) is 0 Å². The van der Waals surface area contributed by atoms with Gasteiger partial charge in [0, 0.05) is 18.9 Å². The zero-order valence-corrected chi connectivity index (χ0v) is 9.07. The summed E-state index contributed by atoms with van der Waals surface area (Å²) in [6, 6.07) is 0.0934. The summed E-state index contributed by atoms with van der Waals surface area (Å²) >= 11 is 0. The Bertz CT molecular complexity index is 245. The Hall–Kier alpha value is -0.995. The Labute approximate surface area is 91.4 Å². The number of carbonyl (C=O) groups excluding carboxylic acids is 2. The number of rotatable bonds is 4. The van der Waals surface area contributed by atoms with E-state index in [0.717, 1.165) is 25.7 Å². The van der Waals surface area contributed by atoms with Crippen LogP contribution in [0.1, 0.15) is 38.5 Å². The van der Waals surface area contributed by atoms with Crippen molar-refractivity contribution in [2.75, 3.05) is 7.11 Å². The molecule has 0 aliphatic carbocycles. The molecule has 2 radical (unpaired) electrons. The fourth-order valence-electron chi connectivity index (χ4n) is 1.83. The van der Waals surface area contributed by atoms with Gasteiger partial charge in [-0.1, -0.05) is 0 Å². The van der Waals surface area contributed by atoms with Gasteiger partial charge in [0.1, 0.15) is 0 Å². The lowest BCUT2D eigenvalue weighted by Gasteiger charge is -2.33. The van der Waals surface area contributed by atoms with Crippen molar-refractivity contribution in [1.29, 1.82) is 0 Å². The molecule has 1 heterocycles. The number of piperidine rings is 1. The second kappa shape index (κ2) is 5.78. The topological polar surface area (TPSA) is 46.6 Å². The Morgan fingerprint density at radius 1 is 1.67 bits per heavy atom. The maximum absolute atomic E-state index is 11.3. The maximum Gasteiger partial charge on any atom is 0.305 e. The van der Waals surface area contributed by atoms with E-state index in [2.05, 4.69) is 4.74 Å². The molecule has 0 aromatic heterocycles. The van der Waals surface area contributed by atoms with Crippen molar-refractivity contribution in [2.24, 2.45) is 0 Å². The lowest BCUT2D eigenvalue weighted by atomic mass is 9.94. The monoisotopic (exact) mass is 209 g/mol. The lowest BCUT2D eigenvalue weighted by molar-refractivity contribution is -0.140. The third-order valence-corrected chi connectivity index (χ3v) is 2.76. The van der Waals surface area contributed by atoms with Crippen molar-refractivity contribution in [3.63, 3.8) is 0 Å². The smallest absolute Gasteiger partial charge is 0.305 e. The van der Waals surface area contributed by atoms with Gasteiger partial charge in [0.05, 0.1) is 7.11 Å². The summed E-state index contributed by atoms with van der Waals surface area (Å²) in [5, 5.41) is 0. The first kappa shape index (κ1) is 12.1. The van der Waals surface area contributed by atoms with Crippen molar-refractivity contribution in [3.05, 3.63) is 0 Å². The third-order valence-electron chi connectivity index (χ3n) is 2.76. The van der Waals surface area contributed by atoms with Crippen LogP contribution in [0.15, 0.2) is 0 Å². The minimum atomic E-state index is -0.208. The highest BCUT2D eigenvalue weighted by molar-refractivity contribution is 6.14. The zero-order chi connectivity index (χ0) is 11.3. The SMILES string of the molecule is [B]N1C(=O)CCCC1CCCC(=O)OC. The summed E-state index contributed by atoms with van der Waals surface area (Å²) in [6.45, 7) is 0. The van der Waals surface area contributed by atoms with Crippen molar-refractivity contribution in [1.82, 2.24) is 4.81 Å². The molecule has 0 saturated carbocycles. The molecular weight excluding hydrogens is 193 g/mol. The number of methoxy groups -OCH3 is 1. The minimum Gasteiger partial charge on any atom is -0.469 e. The zero-order valence-electron chi connectivity index (χ0n) is 9.07. The van der Waals surface area contributed by atoms with Gasteiger partial charge in [-0.25, -0.2) is 0 Å².